The van der Waals surface area contributed by atoms with Gasteiger partial charge >= 0.3 is 0 Å². The highest BCUT2D eigenvalue weighted by Gasteiger charge is 2.75. The minimum absolute atomic E-state index is 0.257. The Hall–Kier alpha value is -4.73. The van der Waals surface area contributed by atoms with Gasteiger partial charge in [0.1, 0.15) is 17.4 Å². The van der Waals surface area contributed by atoms with Gasteiger partial charge in [-0.15, -0.1) is 0 Å². The topological polar surface area (TPSA) is 99.6 Å². The molecule has 0 aromatic heterocycles. The Morgan fingerprint density at radius 2 is 1.51 bits per heavy atom. The molecule has 2 saturated heterocycles. The van der Waals surface area contributed by atoms with Crippen molar-refractivity contribution in [3.05, 3.63) is 114 Å². The van der Waals surface area contributed by atoms with Crippen LogP contribution in [0.15, 0.2) is 97.1 Å². The van der Waals surface area contributed by atoms with Crippen molar-refractivity contribution in [2.45, 2.75) is 57.4 Å². The zero-order valence-corrected chi connectivity index (χ0v) is 28.4. The maximum Gasteiger partial charge on any atom is 0.253 e. The summed E-state index contributed by atoms with van der Waals surface area (Å²) in [5, 5.41) is 10.9. The fourth-order valence-electron chi connectivity index (χ4n) is 8.54. The van der Waals surface area contributed by atoms with Gasteiger partial charge in [-0.2, -0.15) is 0 Å². The summed E-state index contributed by atoms with van der Waals surface area (Å²) in [7, 11) is 0. The molecule has 3 amide bonds. The van der Waals surface area contributed by atoms with Crippen molar-refractivity contribution < 1.29 is 29.0 Å². The molecule has 3 aromatic rings. The minimum Gasteiger partial charge on any atom is -0.494 e. The molecule has 4 heterocycles. The second-order valence-electron chi connectivity index (χ2n) is 13.6. The van der Waals surface area contributed by atoms with Crippen molar-refractivity contribution in [3.63, 3.8) is 0 Å². The summed E-state index contributed by atoms with van der Waals surface area (Å²) >= 11 is 0. The van der Waals surface area contributed by atoms with Crippen LogP contribution in [-0.2, 0) is 25.5 Å². The normalized spacial score (nSPS) is 28.2. The maximum absolute atomic E-state index is 15.1. The van der Waals surface area contributed by atoms with Crippen LogP contribution in [0.25, 0.3) is 0 Å². The van der Waals surface area contributed by atoms with E-state index in [1.165, 1.54) is 0 Å². The first-order valence-corrected chi connectivity index (χ1v) is 17.1. The van der Waals surface area contributed by atoms with Crippen molar-refractivity contribution in [2.75, 3.05) is 36.1 Å². The number of likely N-dealkylation sites (tertiary alicyclic amines) is 1. The predicted octanol–water partition coefficient (Wildman–Crippen LogP) is 4.78. The number of carbonyl (C=O) groups is 3. The number of ether oxygens (including phenoxy) is 2. The second-order valence-corrected chi connectivity index (χ2v) is 13.6. The Bertz CT molecular complexity index is 1800. The Balaban J connectivity index is 1.36. The lowest BCUT2D eigenvalue weighted by molar-refractivity contribution is -0.148. The number of anilines is 2. The average Bonchev–Trinajstić information content (AvgIpc) is 3.37. The number of aliphatic hydroxyl groups excluding tert-OH is 1. The summed E-state index contributed by atoms with van der Waals surface area (Å²) in [5.41, 5.74) is 1.62. The van der Waals surface area contributed by atoms with Gasteiger partial charge in [0, 0.05) is 24.5 Å². The summed E-state index contributed by atoms with van der Waals surface area (Å²) in [4.78, 5) is 50.0. The van der Waals surface area contributed by atoms with E-state index in [0.717, 1.165) is 22.4 Å². The van der Waals surface area contributed by atoms with Crippen molar-refractivity contribution in [2.24, 2.45) is 11.8 Å². The molecule has 9 heteroatoms. The number of rotatable bonds is 8. The van der Waals surface area contributed by atoms with Crippen molar-refractivity contribution >= 4 is 29.1 Å². The van der Waals surface area contributed by atoms with E-state index in [9.17, 15) is 9.90 Å². The molecule has 0 saturated carbocycles. The molecule has 1 N–H and O–H groups in total. The van der Waals surface area contributed by atoms with Crippen molar-refractivity contribution in [1.29, 1.82) is 0 Å². The molecule has 1 unspecified atom stereocenters. The lowest BCUT2D eigenvalue weighted by Gasteiger charge is -2.40. The van der Waals surface area contributed by atoms with Gasteiger partial charge in [0.25, 0.3) is 5.91 Å². The van der Waals surface area contributed by atoms with Crippen molar-refractivity contribution in [1.82, 2.24) is 4.90 Å². The van der Waals surface area contributed by atoms with Gasteiger partial charge in [-0.3, -0.25) is 14.4 Å². The summed E-state index contributed by atoms with van der Waals surface area (Å²) in [6.45, 7) is 8.42. The van der Waals surface area contributed by atoms with E-state index in [0.29, 0.717) is 31.0 Å². The van der Waals surface area contributed by atoms with Gasteiger partial charge in [0.05, 0.1) is 36.7 Å². The third kappa shape index (κ3) is 5.27. The molecule has 0 bridgehead atoms. The highest BCUT2D eigenvalue weighted by Crippen LogP contribution is 2.58. The van der Waals surface area contributed by atoms with Crippen LogP contribution in [0.5, 0.6) is 5.75 Å². The monoisotopic (exact) mass is 661 g/mol. The Kier molecular flexibility index (Phi) is 8.45. The number of aliphatic hydroxyl groups is 1. The number of aryl methyl sites for hydroxylation is 2. The summed E-state index contributed by atoms with van der Waals surface area (Å²) < 4.78 is 12.7. The Labute approximate surface area is 287 Å². The summed E-state index contributed by atoms with van der Waals surface area (Å²) in [5.74, 6) is -2.17. The van der Waals surface area contributed by atoms with Crippen LogP contribution in [0.4, 0.5) is 11.4 Å². The predicted molar refractivity (Wildman–Crippen MR) is 187 cm³/mol. The number of carbonyl (C=O) groups excluding carboxylic acids is 3. The molecule has 1 spiro atoms. The second kappa shape index (κ2) is 12.6. The third-order valence-corrected chi connectivity index (χ3v) is 10.6. The zero-order chi connectivity index (χ0) is 34.5. The fourth-order valence-corrected chi connectivity index (χ4v) is 8.54. The molecule has 3 aromatic carbocycles. The van der Waals surface area contributed by atoms with Crippen LogP contribution in [0.3, 0.4) is 0 Å². The fraction of sp³-hybridized carbons (Fsp3) is 0.375. The maximum atomic E-state index is 15.1. The highest BCUT2D eigenvalue weighted by molar-refractivity contribution is 6.08. The number of nitrogens with zero attached hydrogens (tertiary/aromatic N) is 3. The first-order chi connectivity index (χ1) is 23.6. The van der Waals surface area contributed by atoms with Crippen LogP contribution >= 0.6 is 0 Å². The third-order valence-electron chi connectivity index (χ3n) is 10.6. The number of para-hydroxylation sites is 1. The molecular weight excluding hydrogens is 618 g/mol. The molecule has 4 aliphatic rings. The summed E-state index contributed by atoms with van der Waals surface area (Å²) in [6.07, 6.45) is 7.86. The van der Waals surface area contributed by atoms with Gasteiger partial charge in [-0.1, -0.05) is 72.8 Å². The van der Waals surface area contributed by atoms with Crippen molar-refractivity contribution in [3.8, 4) is 5.75 Å². The lowest BCUT2D eigenvalue weighted by atomic mass is 9.74. The van der Waals surface area contributed by atoms with Crippen LogP contribution in [-0.4, -0.2) is 77.3 Å². The molecule has 254 valence electrons. The van der Waals surface area contributed by atoms with Crippen LogP contribution < -0.4 is 14.5 Å². The van der Waals surface area contributed by atoms with E-state index in [4.69, 9.17) is 9.47 Å². The lowest BCUT2D eigenvalue weighted by Crippen LogP contribution is -2.59. The molecule has 7 rings (SSSR count). The van der Waals surface area contributed by atoms with E-state index in [-0.39, 0.29) is 30.9 Å². The SMILES string of the molecule is CCOc1ccc(N2CC=C[C@@]3(C)O[C@]45C=CCN(c6c(C)cccc6C)C(=O)C4N([C@@H](CO)Cc4ccccc4)C(=O)[C@@H]5[C@H]3C2=O)cc1. The number of fused-ring (bicyclic) bond motifs is 2. The smallest absolute Gasteiger partial charge is 0.253 e. The van der Waals surface area contributed by atoms with E-state index in [1.807, 2.05) is 125 Å². The van der Waals surface area contributed by atoms with E-state index < -0.39 is 35.1 Å². The first-order valence-electron chi connectivity index (χ1n) is 17.1. The molecular formula is C40H43N3O6. The molecule has 0 radical (unpaired) electrons. The highest BCUT2D eigenvalue weighted by atomic mass is 16.5. The van der Waals surface area contributed by atoms with Crippen LogP contribution in [0.1, 0.15) is 30.5 Å². The number of hydrogen-bond donors (Lipinski definition) is 1. The molecule has 4 aliphatic heterocycles. The zero-order valence-electron chi connectivity index (χ0n) is 28.4. The van der Waals surface area contributed by atoms with E-state index in [1.54, 1.807) is 14.7 Å². The number of amides is 3. The van der Waals surface area contributed by atoms with E-state index >= 15 is 9.59 Å². The quantitative estimate of drug-likeness (QED) is 0.349. The molecule has 9 nitrogen and oxygen atoms in total. The van der Waals surface area contributed by atoms with Crippen LogP contribution in [0.2, 0.25) is 0 Å². The van der Waals surface area contributed by atoms with Gasteiger partial charge in [-0.25, -0.2) is 0 Å². The number of benzene rings is 3. The Morgan fingerprint density at radius 1 is 0.837 bits per heavy atom. The van der Waals surface area contributed by atoms with Gasteiger partial charge < -0.3 is 29.3 Å². The standard InChI is InChI=1S/C40H43N3O6/c1-5-48-31-18-16-29(17-19-31)41-22-10-20-39(4)32(36(41)45)33-37(46)43(30(25-44)24-28-14-7-6-8-15-28)35-38(47)42(23-11-21-40(33,35)49-39)34-26(2)12-9-13-27(34)3/h6-21,30,32-33,35,44H,5,22-25H2,1-4H3/t30-,32+,33+,35?,39-,40+/m1/s1. The van der Waals surface area contributed by atoms with Gasteiger partial charge in [0.2, 0.25) is 11.8 Å². The van der Waals surface area contributed by atoms with Gasteiger partial charge in [-0.05, 0) is 75.1 Å². The number of hydrogen-bond acceptors (Lipinski definition) is 6. The largest absolute Gasteiger partial charge is 0.494 e. The Morgan fingerprint density at radius 3 is 2.18 bits per heavy atom. The molecule has 2 fully saturated rings. The molecule has 6 atom stereocenters. The molecule has 49 heavy (non-hydrogen) atoms. The van der Waals surface area contributed by atoms with E-state index in [2.05, 4.69) is 0 Å². The minimum atomic E-state index is -1.45. The average molecular weight is 662 g/mol. The first kappa shape index (κ1) is 32.8. The molecule has 0 aliphatic carbocycles. The van der Waals surface area contributed by atoms with Gasteiger partial charge in [0.15, 0.2) is 0 Å². The van der Waals surface area contributed by atoms with Crippen LogP contribution in [0, 0.1) is 25.7 Å². The summed E-state index contributed by atoms with van der Waals surface area (Å²) in [6, 6.07) is 21.0.